The summed E-state index contributed by atoms with van der Waals surface area (Å²) in [4.78, 5) is 1.37. The van der Waals surface area contributed by atoms with Crippen LogP contribution in [0.4, 0.5) is 0 Å². The molecule has 4 rings (SSSR count). The zero-order valence-electron chi connectivity index (χ0n) is 11.0. The van der Waals surface area contributed by atoms with E-state index in [2.05, 4.69) is 17.4 Å². The van der Waals surface area contributed by atoms with Crippen LogP contribution < -0.4 is 14.8 Å². The molecule has 0 radical (unpaired) electrons. The van der Waals surface area contributed by atoms with Crippen LogP contribution in [-0.2, 0) is 0 Å². The van der Waals surface area contributed by atoms with Gasteiger partial charge in [0.25, 0.3) is 0 Å². The zero-order chi connectivity index (χ0) is 12.7. The fourth-order valence-electron chi connectivity index (χ4n) is 2.75. The van der Waals surface area contributed by atoms with Crippen LogP contribution >= 0.6 is 11.8 Å². The Morgan fingerprint density at radius 3 is 2.63 bits per heavy atom. The third-order valence-electron chi connectivity index (χ3n) is 3.93. The van der Waals surface area contributed by atoms with Crippen molar-refractivity contribution < 1.29 is 9.47 Å². The van der Waals surface area contributed by atoms with Crippen molar-refractivity contribution in [3.8, 4) is 11.5 Å². The van der Waals surface area contributed by atoms with Crippen molar-refractivity contribution >= 4 is 11.8 Å². The van der Waals surface area contributed by atoms with Crippen LogP contribution in [-0.4, -0.2) is 25.0 Å². The molecule has 102 valence electrons. The predicted molar refractivity (Wildman–Crippen MR) is 76.3 cm³/mol. The molecule has 0 saturated heterocycles. The average Bonchev–Trinajstić information content (AvgIpc) is 3.23. The van der Waals surface area contributed by atoms with E-state index in [0.717, 1.165) is 37.2 Å². The number of rotatable bonds is 2. The van der Waals surface area contributed by atoms with Gasteiger partial charge in [-0.15, -0.1) is 11.8 Å². The van der Waals surface area contributed by atoms with E-state index in [9.17, 15) is 0 Å². The minimum atomic E-state index is 0.501. The second kappa shape index (κ2) is 4.91. The first kappa shape index (κ1) is 11.9. The van der Waals surface area contributed by atoms with Crippen molar-refractivity contribution in [1.29, 1.82) is 0 Å². The molecule has 2 heterocycles. The second-order valence-corrected chi connectivity index (χ2v) is 6.65. The van der Waals surface area contributed by atoms with Crippen LogP contribution in [0.25, 0.3) is 0 Å². The lowest BCUT2D eigenvalue weighted by molar-refractivity contribution is 0.296. The molecule has 1 aliphatic carbocycles. The van der Waals surface area contributed by atoms with Crippen LogP contribution in [0.1, 0.15) is 37.3 Å². The van der Waals surface area contributed by atoms with Crippen LogP contribution in [0.15, 0.2) is 17.0 Å². The van der Waals surface area contributed by atoms with Crippen LogP contribution in [0.3, 0.4) is 0 Å². The lowest BCUT2D eigenvalue weighted by Gasteiger charge is -2.27. The van der Waals surface area contributed by atoms with Gasteiger partial charge in [0.1, 0.15) is 0 Å². The standard InChI is InChI=1S/C15H19NO2S/c1-5-17-13-8-11-12(16-10-2-3-10)4-7-19-15(11)9-14(13)18-6-1/h8-10,12,16H,1-7H2. The largest absolute Gasteiger partial charge is 0.490 e. The van der Waals surface area contributed by atoms with Gasteiger partial charge >= 0.3 is 0 Å². The van der Waals surface area contributed by atoms with Crippen molar-refractivity contribution in [2.24, 2.45) is 0 Å². The number of thioether (sulfide) groups is 1. The van der Waals surface area contributed by atoms with Gasteiger partial charge in [0.2, 0.25) is 0 Å². The Balaban J connectivity index is 1.68. The molecule has 1 aromatic rings. The topological polar surface area (TPSA) is 30.5 Å². The lowest BCUT2D eigenvalue weighted by atomic mass is 10.0. The highest BCUT2D eigenvalue weighted by molar-refractivity contribution is 7.99. The Morgan fingerprint density at radius 2 is 1.84 bits per heavy atom. The molecule has 0 spiro atoms. The summed E-state index contributed by atoms with van der Waals surface area (Å²) in [6.45, 7) is 1.53. The minimum Gasteiger partial charge on any atom is -0.490 e. The molecule has 3 aliphatic rings. The number of fused-ring (bicyclic) bond motifs is 2. The molecule has 0 amide bonds. The molecule has 4 heteroatoms. The average molecular weight is 277 g/mol. The number of hydrogen-bond donors (Lipinski definition) is 1. The maximum atomic E-state index is 5.82. The van der Waals surface area contributed by atoms with Crippen molar-refractivity contribution in [1.82, 2.24) is 5.32 Å². The van der Waals surface area contributed by atoms with Gasteiger partial charge in [0.05, 0.1) is 13.2 Å². The summed E-state index contributed by atoms with van der Waals surface area (Å²) in [5.41, 5.74) is 1.41. The number of ether oxygens (including phenoxy) is 2. The Kier molecular flexibility index (Phi) is 3.08. The predicted octanol–water partition coefficient (Wildman–Crippen LogP) is 3.14. The van der Waals surface area contributed by atoms with E-state index in [1.807, 2.05) is 11.8 Å². The zero-order valence-corrected chi connectivity index (χ0v) is 11.8. The maximum Gasteiger partial charge on any atom is 0.162 e. The molecule has 1 saturated carbocycles. The Labute approximate surface area is 118 Å². The molecule has 19 heavy (non-hydrogen) atoms. The van der Waals surface area contributed by atoms with Gasteiger partial charge in [-0.05, 0) is 42.7 Å². The normalized spacial score (nSPS) is 25.6. The van der Waals surface area contributed by atoms with Gasteiger partial charge in [0, 0.05) is 23.4 Å². The Morgan fingerprint density at radius 1 is 1.05 bits per heavy atom. The van der Waals surface area contributed by atoms with Gasteiger partial charge in [-0.2, -0.15) is 0 Å². The van der Waals surface area contributed by atoms with Gasteiger partial charge < -0.3 is 14.8 Å². The number of benzene rings is 1. The molecule has 1 N–H and O–H groups in total. The van der Waals surface area contributed by atoms with Gasteiger partial charge in [-0.3, -0.25) is 0 Å². The Hall–Kier alpha value is -0.870. The van der Waals surface area contributed by atoms with Gasteiger partial charge in [0.15, 0.2) is 11.5 Å². The van der Waals surface area contributed by atoms with Crippen molar-refractivity contribution in [2.45, 2.75) is 42.7 Å². The molecule has 1 aromatic carbocycles. The number of hydrogen-bond acceptors (Lipinski definition) is 4. The fraction of sp³-hybridized carbons (Fsp3) is 0.600. The summed E-state index contributed by atoms with van der Waals surface area (Å²) < 4.78 is 11.6. The first-order valence-electron chi connectivity index (χ1n) is 7.22. The molecule has 1 atom stereocenters. The van der Waals surface area contributed by atoms with Crippen LogP contribution in [0, 0.1) is 0 Å². The summed E-state index contributed by atoms with van der Waals surface area (Å²) >= 11 is 1.94. The highest BCUT2D eigenvalue weighted by atomic mass is 32.2. The van der Waals surface area contributed by atoms with Gasteiger partial charge in [-0.1, -0.05) is 0 Å². The monoisotopic (exact) mass is 277 g/mol. The highest BCUT2D eigenvalue weighted by Gasteiger charge is 2.29. The van der Waals surface area contributed by atoms with Crippen LogP contribution in [0.5, 0.6) is 11.5 Å². The SMILES string of the molecule is c1c2c(cc3c1SCCC3NC1CC1)OCCCO2. The summed E-state index contributed by atoms with van der Waals surface area (Å²) in [5, 5.41) is 3.76. The quantitative estimate of drug-likeness (QED) is 0.899. The molecular weight excluding hydrogens is 258 g/mol. The van der Waals surface area contributed by atoms with E-state index >= 15 is 0 Å². The summed E-state index contributed by atoms with van der Waals surface area (Å²) in [6, 6.07) is 5.64. The summed E-state index contributed by atoms with van der Waals surface area (Å²) in [5.74, 6) is 3.05. The highest BCUT2D eigenvalue weighted by Crippen LogP contribution is 2.44. The first-order valence-corrected chi connectivity index (χ1v) is 8.21. The van der Waals surface area contributed by atoms with E-state index < -0.39 is 0 Å². The molecule has 1 unspecified atom stereocenters. The molecule has 1 fully saturated rings. The number of nitrogens with one attached hydrogen (secondary N) is 1. The van der Waals surface area contributed by atoms with Crippen molar-refractivity contribution in [2.75, 3.05) is 19.0 Å². The second-order valence-electron chi connectivity index (χ2n) is 5.52. The smallest absolute Gasteiger partial charge is 0.162 e. The van der Waals surface area contributed by atoms with E-state index in [1.165, 1.54) is 35.5 Å². The summed E-state index contributed by atoms with van der Waals surface area (Å²) in [6.07, 6.45) is 4.86. The third kappa shape index (κ3) is 2.43. The maximum absolute atomic E-state index is 5.82. The lowest BCUT2D eigenvalue weighted by Crippen LogP contribution is -2.26. The van der Waals surface area contributed by atoms with E-state index in [4.69, 9.17) is 9.47 Å². The molecule has 3 nitrogen and oxygen atoms in total. The molecule has 0 aromatic heterocycles. The molecule has 0 bridgehead atoms. The minimum absolute atomic E-state index is 0.501. The third-order valence-corrected chi connectivity index (χ3v) is 5.04. The van der Waals surface area contributed by atoms with E-state index in [-0.39, 0.29) is 0 Å². The molecule has 2 aliphatic heterocycles. The van der Waals surface area contributed by atoms with E-state index in [0.29, 0.717) is 6.04 Å². The fourth-order valence-corrected chi connectivity index (χ4v) is 3.88. The first-order chi connectivity index (χ1) is 9.40. The van der Waals surface area contributed by atoms with Crippen molar-refractivity contribution in [3.63, 3.8) is 0 Å². The van der Waals surface area contributed by atoms with Crippen molar-refractivity contribution in [3.05, 3.63) is 17.7 Å². The summed E-state index contributed by atoms with van der Waals surface area (Å²) in [7, 11) is 0. The van der Waals surface area contributed by atoms with E-state index in [1.54, 1.807) is 0 Å². The van der Waals surface area contributed by atoms with Crippen LogP contribution in [0.2, 0.25) is 0 Å². The molecular formula is C15H19NO2S. The Bertz CT molecular complexity index is 487. The van der Waals surface area contributed by atoms with Gasteiger partial charge in [-0.25, -0.2) is 0 Å².